The van der Waals surface area contributed by atoms with Gasteiger partial charge >= 0.3 is 6.09 Å². The first-order valence-corrected chi connectivity index (χ1v) is 16.6. The summed E-state index contributed by atoms with van der Waals surface area (Å²) in [4.78, 5) is 34.4. The summed E-state index contributed by atoms with van der Waals surface area (Å²) in [6.45, 7) is 10.5. The fraction of sp³-hybridized carbons (Fsp3) is 0.459. The van der Waals surface area contributed by atoms with E-state index < -0.39 is 5.60 Å². The molecule has 3 aromatic rings. The fourth-order valence-electron chi connectivity index (χ4n) is 6.25. The number of piperidine rings is 2. The van der Waals surface area contributed by atoms with Gasteiger partial charge in [-0.25, -0.2) is 9.78 Å². The molecule has 0 aliphatic carbocycles. The minimum atomic E-state index is -0.499. The average Bonchev–Trinajstić information content (AvgIpc) is 3.07. The first-order valence-electron chi connectivity index (χ1n) is 16.6. The van der Waals surface area contributed by atoms with Gasteiger partial charge in [-0.05, 0) is 112 Å². The number of rotatable bonds is 8. The normalized spacial score (nSPS) is 17.1. The number of likely N-dealkylation sites (tertiary alicyclic amines) is 1. The van der Waals surface area contributed by atoms with Crippen molar-refractivity contribution < 1.29 is 19.1 Å². The van der Waals surface area contributed by atoms with E-state index in [1.165, 1.54) is 5.56 Å². The highest BCUT2D eigenvalue weighted by Gasteiger charge is 2.28. The molecule has 10 heteroatoms. The van der Waals surface area contributed by atoms with E-state index in [4.69, 9.17) is 14.5 Å². The van der Waals surface area contributed by atoms with Gasteiger partial charge in [-0.1, -0.05) is 19.1 Å². The lowest BCUT2D eigenvalue weighted by Crippen LogP contribution is -2.48. The zero-order chi connectivity index (χ0) is 33.6. The summed E-state index contributed by atoms with van der Waals surface area (Å²) in [6.07, 6.45) is 4.00. The molecule has 2 N–H and O–H groups in total. The van der Waals surface area contributed by atoms with Crippen LogP contribution < -0.4 is 20.3 Å². The highest BCUT2D eigenvalue weighted by Crippen LogP contribution is 2.32. The van der Waals surface area contributed by atoms with Crippen molar-refractivity contribution in [1.29, 1.82) is 5.26 Å². The molecule has 10 nitrogen and oxygen atoms in total. The number of aryl methyl sites for hydroxylation is 1. The van der Waals surface area contributed by atoms with E-state index in [0.29, 0.717) is 54.7 Å². The summed E-state index contributed by atoms with van der Waals surface area (Å²) in [7, 11) is 1.60. The van der Waals surface area contributed by atoms with Crippen LogP contribution in [0.25, 0.3) is 0 Å². The predicted octanol–water partition coefficient (Wildman–Crippen LogP) is 6.78. The van der Waals surface area contributed by atoms with Gasteiger partial charge in [0.2, 0.25) is 0 Å². The third-order valence-electron chi connectivity index (χ3n) is 8.80. The number of hydrogen-bond donors (Lipinski definition) is 2. The van der Waals surface area contributed by atoms with E-state index in [1.54, 1.807) is 36.3 Å². The number of benzene rings is 2. The van der Waals surface area contributed by atoms with Crippen LogP contribution in [0, 0.1) is 11.3 Å². The topological polar surface area (TPSA) is 120 Å². The first kappa shape index (κ1) is 33.6. The number of methoxy groups -OCH3 is 1. The summed E-state index contributed by atoms with van der Waals surface area (Å²) in [5.74, 6) is 2.29. The Morgan fingerprint density at radius 2 is 1.72 bits per heavy atom. The highest BCUT2D eigenvalue weighted by molar-refractivity contribution is 5.94. The predicted molar refractivity (Wildman–Crippen MR) is 184 cm³/mol. The van der Waals surface area contributed by atoms with Crippen LogP contribution in [0.1, 0.15) is 86.3 Å². The van der Waals surface area contributed by atoms with Crippen molar-refractivity contribution in [2.45, 2.75) is 77.4 Å². The van der Waals surface area contributed by atoms with E-state index in [2.05, 4.69) is 33.7 Å². The lowest BCUT2D eigenvalue weighted by Gasteiger charge is -2.34. The largest absolute Gasteiger partial charge is 0.497 e. The van der Waals surface area contributed by atoms with Gasteiger partial charge < -0.3 is 29.9 Å². The minimum Gasteiger partial charge on any atom is -0.497 e. The molecule has 248 valence electrons. The lowest BCUT2D eigenvalue weighted by molar-refractivity contribution is 0.0204. The van der Waals surface area contributed by atoms with E-state index in [1.807, 2.05) is 45.9 Å². The van der Waals surface area contributed by atoms with Gasteiger partial charge in [0.25, 0.3) is 5.91 Å². The Morgan fingerprint density at radius 3 is 2.34 bits per heavy atom. The maximum absolute atomic E-state index is 13.0. The third kappa shape index (κ3) is 8.53. The molecule has 0 saturated carbocycles. The number of aromatic nitrogens is 1. The van der Waals surface area contributed by atoms with E-state index in [0.717, 1.165) is 49.3 Å². The number of nitriles is 1. The molecule has 1 unspecified atom stereocenters. The molecule has 47 heavy (non-hydrogen) atoms. The van der Waals surface area contributed by atoms with Crippen LogP contribution in [0.3, 0.4) is 0 Å². The number of anilines is 3. The van der Waals surface area contributed by atoms with Gasteiger partial charge in [0.05, 0.1) is 12.7 Å². The molecular weight excluding hydrogens is 592 g/mol. The maximum atomic E-state index is 13.0. The highest BCUT2D eigenvalue weighted by atomic mass is 16.6. The molecule has 2 fully saturated rings. The van der Waals surface area contributed by atoms with Gasteiger partial charge in [0.15, 0.2) is 5.82 Å². The van der Waals surface area contributed by atoms with Crippen LogP contribution in [0.4, 0.5) is 22.1 Å². The van der Waals surface area contributed by atoms with Crippen LogP contribution in [-0.4, -0.2) is 66.8 Å². The second-order valence-electron chi connectivity index (χ2n) is 13.3. The summed E-state index contributed by atoms with van der Waals surface area (Å²) >= 11 is 0. The van der Waals surface area contributed by atoms with Crippen molar-refractivity contribution in [3.63, 3.8) is 0 Å². The van der Waals surface area contributed by atoms with Crippen LogP contribution in [0.5, 0.6) is 5.75 Å². The molecular formula is C37H46N6O4. The Kier molecular flexibility index (Phi) is 10.5. The molecule has 0 bridgehead atoms. The fourth-order valence-corrected chi connectivity index (χ4v) is 6.25. The number of amides is 2. The SMILES string of the molecule is CCc1cc(N2CCCC(NC(=O)c3ccc(OC)cc3)C2)nc(Nc2ccc(C3CCN(C(=O)OC(C)(C)C)CC3)cc2)c1C#N. The number of nitrogens with one attached hydrogen (secondary N) is 2. The van der Waals surface area contributed by atoms with Gasteiger partial charge in [-0.15, -0.1) is 0 Å². The standard InChI is InChI=1S/C37H46N6O4/c1-6-25-22-33(43-19-7-8-30(24-43)40-35(44)28-11-15-31(46-5)16-12-28)41-34(32(25)23-38)39-29-13-9-26(10-14-29)27-17-20-42(21-18-27)36(45)47-37(2,3)4/h9-16,22,27,30H,6-8,17-21,24H2,1-5H3,(H,39,41)(H,40,44). The van der Waals surface area contributed by atoms with Crippen molar-refractivity contribution in [1.82, 2.24) is 15.2 Å². The number of hydrogen-bond acceptors (Lipinski definition) is 8. The Balaban J connectivity index is 1.25. The van der Waals surface area contributed by atoms with E-state index in [-0.39, 0.29) is 18.0 Å². The lowest BCUT2D eigenvalue weighted by atomic mass is 9.89. The third-order valence-corrected chi connectivity index (χ3v) is 8.80. The van der Waals surface area contributed by atoms with Crippen molar-refractivity contribution in [3.8, 4) is 11.8 Å². The van der Waals surface area contributed by atoms with E-state index in [9.17, 15) is 14.9 Å². The van der Waals surface area contributed by atoms with Crippen LogP contribution in [-0.2, 0) is 11.2 Å². The van der Waals surface area contributed by atoms with E-state index >= 15 is 0 Å². The molecule has 3 heterocycles. The number of pyridine rings is 1. The van der Waals surface area contributed by atoms with Gasteiger partial charge in [-0.2, -0.15) is 5.26 Å². The Hall–Kier alpha value is -4.78. The van der Waals surface area contributed by atoms with Crippen molar-refractivity contribution in [2.24, 2.45) is 0 Å². The summed E-state index contributed by atoms with van der Waals surface area (Å²) in [6, 6.07) is 19.7. The van der Waals surface area contributed by atoms with Crippen molar-refractivity contribution in [2.75, 3.05) is 43.5 Å². The molecule has 5 rings (SSSR count). The van der Waals surface area contributed by atoms with Gasteiger partial charge in [0, 0.05) is 43.5 Å². The second-order valence-corrected chi connectivity index (χ2v) is 13.3. The smallest absolute Gasteiger partial charge is 0.410 e. The molecule has 2 saturated heterocycles. The van der Waals surface area contributed by atoms with Crippen molar-refractivity contribution in [3.05, 3.63) is 76.9 Å². The molecule has 2 aromatic carbocycles. The number of ether oxygens (including phenoxy) is 2. The van der Waals surface area contributed by atoms with Gasteiger partial charge in [-0.3, -0.25) is 4.79 Å². The monoisotopic (exact) mass is 638 g/mol. The molecule has 2 aliphatic heterocycles. The zero-order valence-electron chi connectivity index (χ0n) is 28.1. The summed E-state index contributed by atoms with van der Waals surface area (Å²) in [5.41, 5.74) is 3.64. The molecule has 2 amide bonds. The van der Waals surface area contributed by atoms with Crippen LogP contribution in [0.15, 0.2) is 54.6 Å². The molecule has 0 radical (unpaired) electrons. The molecule has 2 aliphatic rings. The Morgan fingerprint density at radius 1 is 1.02 bits per heavy atom. The Bertz CT molecular complexity index is 1590. The van der Waals surface area contributed by atoms with Gasteiger partial charge in [0.1, 0.15) is 23.2 Å². The molecule has 1 aromatic heterocycles. The minimum absolute atomic E-state index is 0.0270. The average molecular weight is 639 g/mol. The second kappa shape index (κ2) is 14.8. The zero-order valence-corrected chi connectivity index (χ0v) is 28.1. The van der Waals surface area contributed by atoms with Crippen molar-refractivity contribution >= 4 is 29.3 Å². The van der Waals surface area contributed by atoms with Crippen LogP contribution in [0.2, 0.25) is 0 Å². The van der Waals surface area contributed by atoms with Crippen LogP contribution >= 0.6 is 0 Å². The molecule has 1 atom stereocenters. The maximum Gasteiger partial charge on any atom is 0.410 e. The Labute approximate surface area is 278 Å². The summed E-state index contributed by atoms with van der Waals surface area (Å²) in [5, 5.41) is 16.7. The number of carbonyl (C=O) groups is 2. The number of nitrogens with zero attached hydrogens (tertiary/aromatic N) is 4. The quantitative estimate of drug-likeness (QED) is 0.277. The first-order chi connectivity index (χ1) is 22.6. The summed E-state index contributed by atoms with van der Waals surface area (Å²) < 4.78 is 10.8. The molecule has 0 spiro atoms. The number of carbonyl (C=O) groups excluding carboxylic acids is 2.